The Balaban J connectivity index is 2.25. The Morgan fingerprint density at radius 2 is 2.00 bits per heavy atom. The lowest BCUT2D eigenvalue weighted by Gasteiger charge is -2.14. The van der Waals surface area contributed by atoms with Gasteiger partial charge in [0.15, 0.2) is 18.3 Å². The van der Waals surface area contributed by atoms with E-state index < -0.39 is 12.3 Å². The molecule has 2 rings (SSSR count). The molecule has 0 saturated heterocycles. The zero-order chi connectivity index (χ0) is 12.5. The Kier molecular flexibility index (Phi) is 2.84. The summed E-state index contributed by atoms with van der Waals surface area (Å²) in [5, 5.41) is 8.98. The average molecular weight is 244 g/mol. The molecule has 2 heterocycles. The van der Waals surface area contributed by atoms with Crippen molar-refractivity contribution in [2.75, 3.05) is 0 Å². The Morgan fingerprint density at radius 3 is 2.47 bits per heavy atom. The zero-order valence-corrected chi connectivity index (χ0v) is 8.35. The average Bonchev–Trinajstić information content (AvgIpc) is 2.80. The highest BCUT2D eigenvalue weighted by Crippen LogP contribution is 2.32. The monoisotopic (exact) mass is 244 g/mol. The van der Waals surface area contributed by atoms with Gasteiger partial charge in [-0.05, 0) is 6.07 Å². The van der Waals surface area contributed by atoms with E-state index in [0.29, 0.717) is 11.5 Å². The van der Waals surface area contributed by atoms with Gasteiger partial charge in [0.1, 0.15) is 5.69 Å². The van der Waals surface area contributed by atoms with Crippen LogP contribution in [0.15, 0.2) is 35.3 Å². The van der Waals surface area contributed by atoms with Crippen LogP contribution in [0.2, 0.25) is 0 Å². The van der Waals surface area contributed by atoms with E-state index in [1.807, 2.05) is 0 Å². The lowest BCUT2D eigenvalue weighted by atomic mass is 10.1. The first-order valence-corrected chi connectivity index (χ1v) is 4.58. The fraction of sp³-hybridized carbons (Fsp3) is 0.200. The van der Waals surface area contributed by atoms with E-state index >= 15 is 0 Å². The molecule has 90 valence electrons. The van der Waals surface area contributed by atoms with Gasteiger partial charge in [0.25, 0.3) is 0 Å². The molecule has 4 nitrogen and oxygen atoms in total. The molecule has 7 heteroatoms. The van der Waals surface area contributed by atoms with E-state index in [9.17, 15) is 13.2 Å². The second kappa shape index (κ2) is 4.17. The third-order valence-electron chi connectivity index (χ3n) is 2.10. The molecule has 17 heavy (non-hydrogen) atoms. The maximum atomic E-state index is 12.2. The highest BCUT2D eigenvalue weighted by atomic mass is 19.4. The van der Waals surface area contributed by atoms with Gasteiger partial charge in [-0.15, -0.1) is 0 Å². The standard InChI is InChI=1S/C10H7F3N2O2/c11-10(12,13)9(16)6-1-2-7(15-3-6)8-4-14-5-17-8/h1-5,9,16H/t9-/m0/s1. The van der Waals surface area contributed by atoms with Crippen LogP contribution in [-0.4, -0.2) is 21.3 Å². The van der Waals surface area contributed by atoms with Crippen LogP contribution >= 0.6 is 0 Å². The van der Waals surface area contributed by atoms with Crippen molar-refractivity contribution >= 4 is 0 Å². The topological polar surface area (TPSA) is 59.2 Å². The number of aromatic nitrogens is 2. The molecule has 2 aromatic rings. The molecule has 0 radical (unpaired) electrons. The van der Waals surface area contributed by atoms with Gasteiger partial charge in [0, 0.05) is 11.8 Å². The Bertz CT molecular complexity index is 479. The fourth-order valence-electron chi connectivity index (χ4n) is 1.24. The summed E-state index contributed by atoms with van der Waals surface area (Å²) in [4.78, 5) is 7.42. The Hall–Kier alpha value is -1.89. The molecule has 1 atom stereocenters. The highest BCUT2D eigenvalue weighted by Gasteiger charge is 2.39. The minimum Gasteiger partial charge on any atom is -0.442 e. The quantitative estimate of drug-likeness (QED) is 0.880. The summed E-state index contributed by atoms with van der Waals surface area (Å²) >= 11 is 0. The normalized spacial score (nSPS) is 13.6. The van der Waals surface area contributed by atoms with Gasteiger partial charge in [-0.1, -0.05) is 6.07 Å². The van der Waals surface area contributed by atoms with E-state index in [4.69, 9.17) is 9.52 Å². The van der Waals surface area contributed by atoms with Gasteiger partial charge in [0.2, 0.25) is 0 Å². The smallest absolute Gasteiger partial charge is 0.418 e. The number of oxazole rings is 1. The van der Waals surface area contributed by atoms with E-state index in [-0.39, 0.29) is 5.56 Å². The van der Waals surface area contributed by atoms with Crippen molar-refractivity contribution in [1.29, 1.82) is 0 Å². The van der Waals surface area contributed by atoms with Crippen LogP contribution in [0.1, 0.15) is 11.7 Å². The van der Waals surface area contributed by atoms with Gasteiger partial charge in [-0.3, -0.25) is 4.98 Å². The molecule has 0 aliphatic rings. The third kappa shape index (κ3) is 2.44. The summed E-state index contributed by atoms with van der Waals surface area (Å²) in [5.74, 6) is 0.345. The number of halogens is 3. The lowest BCUT2D eigenvalue weighted by Crippen LogP contribution is -2.20. The number of hydrogen-bond acceptors (Lipinski definition) is 4. The number of alkyl halides is 3. The van der Waals surface area contributed by atoms with Crippen molar-refractivity contribution in [3.63, 3.8) is 0 Å². The summed E-state index contributed by atoms with van der Waals surface area (Å²) in [7, 11) is 0. The predicted molar refractivity (Wildman–Crippen MR) is 50.7 cm³/mol. The molecule has 0 fully saturated rings. The van der Waals surface area contributed by atoms with Crippen molar-refractivity contribution in [2.45, 2.75) is 12.3 Å². The molecule has 0 unspecified atom stereocenters. The summed E-state index contributed by atoms with van der Waals surface area (Å²) in [6.07, 6.45) is -3.69. The van der Waals surface area contributed by atoms with Crippen LogP contribution in [0, 0.1) is 0 Å². The van der Waals surface area contributed by atoms with Gasteiger partial charge >= 0.3 is 6.18 Å². The molecule has 2 aromatic heterocycles. The van der Waals surface area contributed by atoms with Crippen molar-refractivity contribution < 1.29 is 22.7 Å². The van der Waals surface area contributed by atoms with Gasteiger partial charge in [-0.2, -0.15) is 13.2 Å². The Labute approximate surface area is 93.7 Å². The summed E-state index contributed by atoms with van der Waals surface area (Å²) < 4.78 is 41.5. The summed E-state index contributed by atoms with van der Waals surface area (Å²) in [6.45, 7) is 0. The SMILES string of the molecule is O[C@@H](c1ccc(-c2cnco2)nc1)C(F)(F)F. The molecule has 0 aromatic carbocycles. The van der Waals surface area contributed by atoms with E-state index in [0.717, 1.165) is 12.3 Å². The van der Waals surface area contributed by atoms with Gasteiger partial charge in [-0.25, -0.2) is 4.98 Å². The van der Waals surface area contributed by atoms with Crippen molar-refractivity contribution in [2.24, 2.45) is 0 Å². The molecule has 0 aliphatic carbocycles. The number of nitrogens with zero attached hydrogens (tertiary/aromatic N) is 2. The summed E-state index contributed by atoms with van der Waals surface area (Å²) in [6, 6.07) is 2.47. The van der Waals surface area contributed by atoms with Gasteiger partial charge in [0.05, 0.1) is 6.20 Å². The van der Waals surface area contributed by atoms with E-state index in [2.05, 4.69) is 9.97 Å². The largest absolute Gasteiger partial charge is 0.442 e. The number of pyridine rings is 1. The molecular formula is C10H7F3N2O2. The van der Waals surface area contributed by atoms with Crippen molar-refractivity contribution in [1.82, 2.24) is 9.97 Å². The van der Waals surface area contributed by atoms with E-state index in [1.165, 1.54) is 18.7 Å². The number of aliphatic hydroxyl groups excluding tert-OH is 1. The molecular weight excluding hydrogens is 237 g/mol. The second-order valence-electron chi connectivity index (χ2n) is 3.29. The predicted octanol–water partition coefficient (Wildman–Crippen LogP) is 2.33. The zero-order valence-electron chi connectivity index (χ0n) is 8.35. The maximum Gasteiger partial charge on any atom is 0.418 e. The molecule has 0 aliphatic heterocycles. The minimum absolute atomic E-state index is 0.319. The van der Waals surface area contributed by atoms with Gasteiger partial charge < -0.3 is 9.52 Å². The van der Waals surface area contributed by atoms with Crippen molar-refractivity contribution in [3.8, 4) is 11.5 Å². The maximum absolute atomic E-state index is 12.2. The molecule has 0 bridgehead atoms. The number of rotatable bonds is 2. The first-order valence-electron chi connectivity index (χ1n) is 4.58. The van der Waals surface area contributed by atoms with Crippen LogP contribution in [0.5, 0.6) is 0 Å². The second-order valence-corrected chi connectivity index (χ2v) is 3.29. The first kappa shape index (κ1) is 11.6. The van der Waals surface area contributed by atoms with Crippen LogP contribution in [0.3, 0.4) is 0 Å². The lowest BCUT2D eigenvalue weighted by molar-refractivity contribution is -0.206. The molecule has 0 saturated carbocycles. The first-order chi connectivity index (χ1) is 7.98. The van der Waals surface area contributed by atoms with E-state index in [1.54, 1.807) is 0 Å². The van der Waals surface area contributed by atoms with Crippen LogP contribution in [0.25, 0.3) is 11.5 Å². The van der Waals surface area contributed by atoms with Crippen LogP contribution in [-0.2, 0) is 0 Å². The molecule has 0 spiro atoms. The molecule has 1 N–H and O–H groups in total. The van der Waals surface area contributed by atoms with Crippen LogP contribution in [0.4, 0.5) is 13.2 Å². The fourth-order valence-corrected chi connectivity index (χ4v) is 1.24. The van der Waals surface area contributed by atoms with Crippen LogP contribution < -0.4 is 0 Å². The molecule has 0 amide bonds. The Morgan fingerprint density at radius 1 is 1.24 bits per heavy atom. The third-order valence-corrected chi connectivity index (χ3v) is 2.10. The number of aliphatic hydroxyl groups is 1. The summed E-state index contributed by atoms with van der Waals surface area (Å²) in [5.41, 5.74) is 0.0291. The minimum atomic E-state index is -4.70. The van der Waals surface area contributed by atoms with Crippen molar-refractivity contribution in [3.05, 3.63) is 36.5 Å². The highest BCUT2D eigenvalue weighted by molar-refractivity contribution is 5.50. The number of hydrogen-bond donors (Lipinski definition) is 1.